The lowest BCUT2D eigenvalue weighted by atomic mass is 9.85. The first-order valence-corrected chi connectivity index (χ1v) is 7.41. The molecule has 0 radical (unpaired) electrons. The number of hydrogen-bond acceptors (Lipinski definition) is 2. The van der Waals surface area contributed by atoms with Gasteiger partial charge < -0.3 is 15.7 Å². The van der Waals surface area contributed by atoms with Crippen LogP contribution in [0.2, 0.25) is 0 Å². The monoisotopic (exact) mass is 286 g/mol. The van der Waals surface area contributed by atoms with Gasteiger partial charge in [-0.05, 0) is 23.7 Å². The maximum atomic E-state index is 11.9. The van der Waals surface area contributed by atoms with E-state index >= 15 is 0 Å². The number of carbonyl (C=O) groups is 2. The van der Waals surface area contributed by atoms with Crippen molar-refractivity contribution in [2.45, 2.75) is 54.0 Å². The number of aliphatic carboxylic acids is 1. The molecule has 0 heterocycles. The van der Waals surface area contributed by atoms with E-state index < -0.39 is 5.97 Å². The minimum absolute atomic E-state index is 0.0527. The Morgan fingerprint density at radius 2 is 1.45 bits per heavy atom. The molecular weight excluding hydrogens is 256 g/mol. The predicted molar refractivity (Wildman–Crippen MR) is 80.6 cm³/mol. The van der Waals surface area contributed by atoms with Crippen LogP contribution in [0.5, 0.6) is 0 Å². The van der Waals surface area contributed by atoms with Gasteiger partial charge in [-0.15, -0.1) is 0 Å². The molecule has 0 rings (SSSR count). The first-order chi connectivity index (χ1) is 9.15. The van der Waals surface area contributed by atoms with Crippen molar-refractivity contribution >= 4 is 12.0 Å². The molecule has 0 saturated carbocycles. The lowest BCUT2D eigenvalue weighted by Gasteiger charge is -2.26. The van der Waals surface area contributed by atoms with Gasteiger partial charge in [-0.1, -0.05) is 41.5 Å². The van der Waals surface area contributed by atoms with Gasteiger partial charge in [0.2, 0.25) is 0 Å². The molecule has 5 heteroatoms. The maximum Gasteiger partial charge on any atom is 0.315 e. The molecule has 0 fully saturated rings. The van der Waals surface area contributed by atoms with E-state index in [-0.39, 0.29) is 24.4 Å². The van der Waals surface area contributed by atoms with E-state index in [0.29, 0.717) is 24.3 Å². The summed E-state index contributed by atoms with van der Waals surface area (Å²) in [5.41, 5.74) is 0. The molecule has 0 aromatic carbocycles. The van der Waals surface area contributed by atoms with E-state index in [4.69, 9.17) is 5.11 Å². The average molecular weight is 286 g/mol. The molecule has 0 saturated heterocycles. The smallest absolute Gasteiger partial charge is 0.315 e. The number of hydrogen-bond donors (Lipinski definition) is 3. The number of rotatable bonds is 8. The highest BCUT2D eigenvalue weighted by molar-refractivity contribution is 5.75. The van der Waals surface area contributed by atoms with Crippen LogP contribution in [0.15, 0.2) is 0 Å². The van der Waals surface area contributed by atoms with Crippen LogP contribution < -0.4 is 10.6 Å². The summed E-state index contributed by atoms with van der Waals surface area (Å²) >= 11 is 0. The number of amides is 2. The summed E-state index contributed by atoms with van der Waals surface area (Å²) in [5.74, 6) is 0.595. The Bertz CT molecular complexity index is 306. The van der Waals surface area contributed by atoms with Crippen LogP contribution >= 0.6 is 0 Å². The van der Waals surface area contributed by atoms with E-state index in [9.17, 15) is 9.59 Å². The topological polar surface area (TPSA) is 78.4 Å². The third-order valence-electron chi connectivity index (χ3n) is 3.73. The van der Waals surface area contributed by atoms with Crippen LogP contribution in [0.3, 0.4) is 0 Å². The Hall–Kier alpha value is -1.26. The molecule has 118 valence electrons. The third kappa shape index (κ3) is 7.36. The van der Waals surface area contributed by atoms with E-state index in [0.717, 1.165) is 0 Å². The van der Waals surface area contributed by atoms with Crippen molar-refractivity contribution in [3.8, 4) is 0 Å². The minimum Gasteiger partial charge on any atom is -0.481 e. The highest BCUT2D eigenvalue weighted by atomic mass is 16.4. The van der Waals surface area contributed by atoms with E-state index in [1.54, 1.807) is 0 Å². The normalized spacial score (nSPS) is 13.1. The Morgan fingerprint density at radius 1 is 0.950 bits per heavy atom. The Morgan fingerprint density at radius 3 is 1.80 bits per heavy atom. The molecule has 0 aliphatic carbocycles. The van der Waals surface area contributed by atoms with Crippen molar-refractivity contribution in [3.63, 3.8) is 0 Å². The molecule has 5 nitrogen and oxygen atoms in total. The van der Waals surface area contributed by atoms with Crippen molar-refractivity contribution in [1.82, 2.24) is 10.6 Å². The van der Waals surface area contributed by atoms with Gasteiger partial charge in [-0.25, -0.2) is 4.79 Å². The largest absolute Gasteiger partial charge is 0.481 e. The molecule has 0 aromatic rings. The summed E-state index contributed by atoms with van der Waals surface area (Å²) < 4.78 is 0. The van der Waals surface area contributed by atoms with Crippen LogP contribution in [-0.2, 0) is 4.79 Å². The van der Waals surface area contributed by atoms with Crippen LogP contribution in [0, 0.1) is 23.7 Å². The van der Waals surface area contributed by atoms with E-state index in [2.05, 4.69) is 38.3 Å². The highest BCUT2D eigenvalue weighted by Gasteiger charge is 2.21. The maximum absolute atomic E-state index is 11.9. The molecule has 2 amide bonds. The molecule has 20 heavy (non-hydrogen) atoms. The van der Waals surface area contributed by atoms with Gasteiger partial charge in [0.15, 0.2) is 0 Å². The van der Waals surface area contributed by atoms with Crippen molar-refractivity contribution in [2.75, 3.05) is 6.54 Å². The minimum atomic E-state index is -0.897. The Kier molecular flexibility index (Phi) is 8.26. The molecule has 0 aromatic heterocycles. The Labute approximate surface area is 122 Å². The molecule has 1 atom stereocenters. The average Bonchev–Trinajstić information content (AvgIpc) is 2.26. The quantitative estimate of drug-likeness (QED) is 0.642. The molecule has 0 aliphatic heterocycles. The lowest BCUT2D eigenvalue weighted by Crippen LogP contribution is -2.47. The molecule has 1 unspecified atom stereocenters. The summed E-state index contributed by atoms with van der Waals surface area (Å²) in [6.45, 7) is 13.0. The zero-order chi connectivity index (χ0) is 15.9. The van der Waals surface area contributed by atoms with Crippen LogP contribution in [-0.4, -0.2) is 29.7 Å². The molecule has 3 N–H and O–H groups in total. The van der Waals surface area contributed by atoms with Gasteiger partial charge in [0.25, 0.3) is 0 Å². The van der Waals surface area contributed by atoms with Gasteiger partial charge in [0, 0.05) is 12.6 Å². The van der Waals surface area contributed by atoms with Crippen molar-refractivity contribution in [1.29, 1.82) is 0 Å². The highest BCUT2D eigenvalue weighted by Crippen LogP contribution is 2.19. The first kappa shape index (κ1) is 18.7. The fourth-order valence-corrected chi connectivity index (χ4v) is 2.31. The molecule has 0 aliphatic rings. The number of carboxylic acid groups (broad SMARTS) is 1. The second kappa shape index (κ2) is 8.82. The van der Waals surface area contributed by atoms with E-state index in [1.165, 1.54) is 0 Å². The fourth-order valence-electron chi connectivity index (χ4n) is 2.31. The standard InChI is InChI=1S/C15H30N2O3/c1-9(2)12(10(3)4)8-16-15(20)17-13(11(5)6)7-14(18)19/h9-13H,7-8H2,1-6H3,(H,18,19)(H2,16,17,20). The molecule has 0 spiro atoms. The van der Waals surface area contributed by atoms with Gasteiger partial charge in [-0.2, -0.15) is 0 Å². The van der Waals surface area contributed by atoms with Gasteiger partial charge in [0.1, 0.15) is 0 Å². The van der Waals surface area contributed by atoms with Crippen LogP contribution in [0.25, 0.3) is 0 Å². The van der Waals surface area contributed by atoms with Gasteiger partial charge >= 0.3 is 12.0 Å². The number of carbonyl (C=O) groups excluding carboxylic acids is 1. The second-order valence-electron chi connectivity index (χ2n) is 6.45. The summed E-state index contributed by atoms with van der Waals surface area (Å²) in [5, 5.41) is 14.4. The molecule has 0 bridgehead atoms. The predicted octanol–water partition coefficient (Wildman–Crippen LogP) is 2.71. The number of carboxylic acids is 1. The zero-order valence-electron chi connectivity index (χ0n) is 13.6. The fraction of sp³-hybridized carbons (Fsp3) is 0.867. The lowest BCUT2D eigenvalue weighted by molar-refractivity contribution is -0.137. The van der Waals surface area contributed by atoms with Gasteiger partial charge in [0.05, 0.1) is 6.42 Å². The number of nitrogens with one attached hydrogen (secondary N) is 2. The van der Waals surface area contributed by atoms with Crippen molar-refractivity contribution < 1.29 is 14.7 Å². The van der Waals surface area contributed by atoms with E-state index in [1.807, 2.05) is 13.8 Å². The SMILES string of the molecule is CC(C)C(CC(=O)O)NC(=O)NCC(C(C)C)C(C)C. The summed E-state index contributed by atoms with van der Waals surface area (Å²) in [7, 11) is 0. The zero-order valence-corrected chi connectivity index (χ0v) is 13.6. The summed E-state index contributed by atoms with van der Waals surface area (Å²) in [6.07, 6.45) is -0.0527. The second-order valence-corrected chi connectivity index (χ2v) is 6.45. The van der Waals surface area contributed by atoms with Gasteiger partial charge in [-0.3, -0.25) is 4.79 Å². The Balaban J connectivity index is 4.35. The van der Waals surface area contributed by atoms with Crippen LogP contribution in [0.1, 0.15) is 48.0 Å². The first-order valence-electron chi connectivity index (χ1n) is 7.41. The summed E-state index contributed by atoms with van der Waals surface area (Å²) in [6, 6.07) is -0.625. The van der Waals surface area contributed by atoms with Crippen LogP contribution in [0.4, 0.5) is 4.79 Å². The van der Waals surface area contributed by atoms with Crippen molar-refractivity contribution in [3.05, 3.63) is 0 Å². The third-order valence-corrected chi connectivity index (χ3v) is 3.73. The number of urea groups is 1. The molecular formula is C15H30N2O3. The van der Waals surface area contributed by atoms with Crippen molar-refractivity contribution in [2.24, 2.45) is 23.7 Å². The summed E-state index contributed by atoms with van der Waals surface area (Å²) in [4.78, 5) is 22.6.